The molecule has 102 valence electrons. The SMILES string of the molecule is Cc1[nH]nc2c(=O)n(Cc3ccc(F)c(F)c3)nnc12. The number of fused-ring (bicyclic) bond motifs is 1. The number of rotatable bonds is 2. The van der Waals surface area contributed by atoms with Crippen LogP contribution in [-0.4, -0.2) is 25.2 Å². The Morgan fingerprint density at radius 1 is 1.25 bits per heavy atom. The van der Waals surface area contributed by atoms with E-state index >= 15 is 0 Å². The normalized spacial score (nSPS) is 11.2. The topological polar surface area (TPSA) is 76.5 Å². The minimum Gasteiger partial charge on any atom is -0.280 e. The van der Waals surface area contributed by atoms with Gasteiger partial charge < -0.3 is 0 Å². The number of aromatic amines is 1. The van der Waals surface area contributed by atoms with Gasteiger partial charge >= 0.3 is 0 Å². The lowest BCUT2D eigenvalue weighted by Gasteiger charge is -2.03. The molecule has 0 atom stereocenters. The number of aromatic nitrogens is 5. The van der Waals surface area contributed by atoms with Gasteiger partial charge in [0, 0.05) is 0 Å². The van der Waals surface area contributed by atoms with Crippen LogP contribution in [0.15, 0.2) is 23.0 Å². The standard InChI is InChI=1S/C12H9F2N5O/c1-6-10-11(16-15-6)12(20)19(18-17-10)5-7-2-3-8(13)9(14)4-7/h2-4H,5H2,1H3,(H,15,16). The molecule has 0 aliphatic rings. The molecule has 2 heterocycles. The molecule has 0 saturated carbocycles. The van der Waals surface area contributed by atoms with Gasteiger partial charge in [-0.05, 0) is 24.6 Å². The molecule has 2 aromatic heterocycles. The summed E-state index contributed by atoms with van der Waals surface area (Å²) in [4.78, 5) is 12.1. The van der Waals surface area contributed by atoms with E-state index in [1.165, 1.54) is 6.07 Å². The zero-order valence-corrected chi connectivity index (χ0v) is 10.4. The molecule has 0 radical (unpaired) electrons. The Labute approximate surface area is 111 Å². The van der Waals surface area contributed by atoms with Crippen molar-refractivity contribution in [1.29, 1.82) is 0 Å². The summed E-state index contributed by atoms with van der Waals surface area (Å²) in [7, 11) is 0. The first-order valence-electron chi connectivity index (χ1n) is 5.78. The highest BCUT2D eigenvalue weighted by molar-refractivity contribution is 5.74. The second kappa shape index (κ2) is 4.48. The first-order valence-corrected chi connectivity index (χ1v) is 5.78. The second-order valence-corrected chi connectivity index (χ2v) is 4.35. The molecule has 1 aromatic carbocycles. The molecular weight excluding hydrogens is 268 g/mol. The van der Waals surface area contributed by atoms with Crippen LogP contribution in [0.3, 0.4) is 0 Å². The highest BCUT2D eigenvalue weighted by atomic mass is 19.2. The molecule has 0 aliphatic carbocycles. The summed E-state index contributed by atoms with van der Waals surface area (Å²) in [5.74, 6) is -1.91. The maximum Gasteiger partial charge on any atom is 0.298 e. The van der Waals surface area contributed by atoms with Crippen LogP contribution in [-0.2, 0) is 6.54 Å². The first kappa shape index (κ1) is 12.4. The summed E-state index contributed by atoms with van der Waals surface area (Å²) in [6.07, 6.45) is 0. The third-order valence-electron chi connectivity index (χ3n) is 2.92. The van der Waals surface area contributed by atoms with Gasteiger partial charge in [0.2, 0.25) is 0 Å². The monoisotopic (exact) mass is 277 g/mol. The van der Waals surface area contributed by atoms with Crippen LogP contribution < -0.4 is 5.56 Å². The molecule has 0 fully saturated rings. The largest absolute Gasteiger partial charge is 0.298 e. The summed E-state index contributed by atoms with van der Waals surface area (Å²) in [6.45, 7) is 1.72. The van der Waals surface area contributed by atoms with E-state index in [-0.39, 0.29) is 12.1 Å². The molecule has 0 amide bonds. The number of halogens is 2. The molecule has 3 rings (SSSR count). The van der Waals surface area contributed by atoms with Crippen molar-refractivity contribution < 1.29 is 8.78 Å². The zero-order valence-electron chi connectivity index (χ0n) is 10.4. The molecule has 0 saturated heterocycles. The van der Waals surface area contributed by atoms with Crippen molar-refractivity contribution in [3.05, 3.63) is 51.4 Å². The molecule has 0 spiro atoms. The number of H-pyrrole nitrogens is 1. The van der Waals surface area contributed by atoms with Crippen LogP contribution >= 0.6 is 0 Å². The van der Waals surface area contributed by atoms with Gasteiger partial charge in [-0.25, -0.2) is 13.5 Å². The Morgan fingerprint density at radius 3 is 2.80 bits per heavy atom. The number of hydrogen-bond donors (Lipinski definition) is 1. The van der Waals surface area contributed by atoms with Crippen molar-refractivity contribution in [3.8, 4) is 0 Å². The maximum atomic E-state index is 13.1. The fourth-order valence-corrected chi connectivity index (χ4v) is 1.87. The summed E-state index contributed by atoms with van der Waals surface area (Å²) in [5.41, 5.74) is 1.18. The lowest BCUT2D eigenvalue weighted by atomic mass is 10.2. The van der Waals surface area contributed by atoms with Crippen LogP contribution in [0.25, 0.3) is 11.0 Å². The van der Waals surface area contributed by atoms with Crippen molar-refractivity contribution in [1.82, 2.24) is 25.2 Å². The minimum absolute atomic E-state index is 0.00905. The molecule has 6 nitrogen and oxygen atoms in total. The second-order valence-electron chi connectivity index (χ2n) is 4.35. The van der Waals surface area contributed by atoms with Crippen LogP contribution in [0.5, 0.6) is 0 Å². The number of benzene rings is 1. The lowest BCUT2D eigenvalue weighted by Crippen LogP contribution is -2.25. The minimum atomic E-state index is -0.972. The Kier molecular flexibility index (Phi) is 2.78. The Balaban J connectivity index is 2.04. The van der Waals surface area contributed by atoms with E-state index in [4.69, 9.17) is 0 Å². The van der Waals surface area contributed by atoms with E-state index in [0.717, 1.165) is 16.8 Å². The average molecular weight is 277 g/mol. The maximum absolute atomic E-state index is 13.1. The number of hydrogen-bond acceptors (Lipinski definition) is 4. The molecule has 0 unspecified atom stereocenters. The Bertz CT molecular complexity index is 855. The molecular formula is C12H9F2N5O. The van der Waals surface area contributed by atoms with Crippen molar-refractivity contribution >= 4 is 11.0 Å². The predicted octanol–water partition coefficient (Wildman–Crippen LogP) is 1.15. The van der Waals surface area contributed by atoms with Crippen molar-refractivity contribution in [3.63, 3.8) is 0 Å². The Hall–Kier alpha value is -2.64. The molecule has 0 aliphatic heterocycles. The van der Waals surface area contributed by atoms with E-state index in [9.17, 15) is 13.6 Å². The van der Waals surface area contributed by atoms with Crippen molar-refractivity contribution in [2.45, 2.75) is 13.5 Å². The van der Waals surface area contributed by atoms with E-state index in [1.807, 2.05) is 0 Å². The third kappa shape index (κ3) is 1.94. The smallest absolute Gasteiger partial charge is 0.280 e. The van der Waals surface area contributed by atoms with Gasteiger partial charge in [0.05, 0.1) is 12.2 Å². The zero-order chi connectivity index (χ0) is 14.3. The van der Waals surface area contributed by atoms with Crippen LogP contribution in [0.1, 0.15) is 11.3 Å². The van der Waals surface area contributed by atoms with Crippen LogP contribution in [0.4, 0.5) is 8.78 Å². The fourth-order valence-electron chi connectivity index (χ4n) is 1.87. The lowest BCUT2D eigenvalue weighted by molar-refractivity contribution is 0.504. The van der Waals surface area contributed by atoms with Crippen molar-refractivity contribution in [2.24, 2.45) is 0 Å². The fraction of sp³-hybridized carbons (Fsp3) is 0.167. The number of nitrogens with one attached hydrogen (secondary N) is 1. The van der Waals surface area contributed by atoms with Gasteiger partial charge in [-0.15, -0.1) is 5.10 Å². The van der Waals surface area contributed by atoms with Crippen molar-refractivity contribution in [2.75, 3.05) is 0 Å². The summed E-state index contributed by atoms with van der Waals surface area (Å²) < 4.78 is 27.0. The summed E-state index contributed by atoms with van der Waals surface area (Å²) >= 11 is 0. The highest BCUT2D eigenvalue weighted by Crippen LogP contribution is 2.10. The predicted molar refractivity (Wildman–Crippen MR) is 66.1 cm³/mol. The average Bonchev–Trinajstić information content (AvgIpc) is 2.80. The molecule has 3 aromatic rings. The van der Waals surface area contributed by atoms with Gasteiger partial charge in [0.15, 0.2) is 17.2 Å². The van der Waals surface area contributed by atoms with E-state index in [2.05, 4.69) is 20.5 Å². The van der Waals surface area contributed by atoms with E-state index < -0.39 is 17.2 Å². The third-order valence-corrected chi connectivity index (χ3v) is 2.92. The van der Waals surface area contributed by atoms with Gasteiger partial charge in [0.1, 0.15) is 5.52 Å². The molecule has 0 bridgehead atoms. The van der Waals surface area contributed by atoms with E-state index in [0.29, 0.717) is 16.8 Å². The molecule has 1 N–H and O–H groups in total. The Morgan fingerprint density at radius 2 is 2.05 bits per heavy atom. The molecule has 20 heavy (non-hydrogen) atoms. The quantitative estimate of drug-likeness (QED) is 0.762. The van der Waals surface area contributed by atoms with Crippen LogP contribution in [0, 0.1) is 18.6 Å². The highest BCUT2D eigenvalue weighted by Gasteiger charge is 2.11. The van der Waals surface area contributed by atoms with E-state index in [1.54, 1.807) is 6.92 Å². The van der Waals surface area contributed by atoms with Crippen LogP contribution in [0.2, 0.25) is 0 Å². The number of nitrogens with zero attached hydrogens (tertiary/aromatic N) is 4. The first-order chi connectivity index (χ1) is 9.56. The van der Waals surface area contributed by atoms with Gasteiger partial charge in [0.25, 0.3) is 5.56 Å². The van der Waals surface area contributed by atoms with Gasteiger partial charge in [-0.2, -0.15) is 5.10 Å². The summed E-state index contributed by atoms with van der Waals surface area (Å²) in [6, 6.07) is 3.40. The van der Waals surface area contributed by atoms with Gasteiger partial charge in [-0.1, -0.05) is 11.3 Å². The summed E-state index contributed by atoms with van der Waals surface area (Å²) in [5, 5.41) is 14.2. The molecule has 8 heteroatoms. The van der Waals surface area contributed by atoms with Gasteiger partial charge in [-0.3, -0.25) is 9.89 Å². The number of aryl methyl sites for hydroxylation is 1.